The lowest BCUT2D eigenvalue weighted by Crippen LogP contribution is -2.64. The summed E-state index contributed by atoms with van der Waals surface area (Å²) in [5.41, 5.74) is 2.28. The Morgan fingerprint density at radius 1 is 1.30 bits per heavy atom. The van der Waals surface area contributed by atoms with E-state index in [0.717, 1.165) is 69.1 Å². The summed E-state index contributed by atoms with van der Waals surface area (Å²) in [4.78, 5) is 22.0. The highest BCUT2D eigenvalue weighted by Gasteiger charge is 2.54. The number of aromatic nitrogens is 1. The van der Waals surface area contributed by atoms with Crippen molar-refractivity contribution >= 4 is 17.5 Å². The fourth-order valence-corrected chi connectivity index (χ4v) is 5.45. The van der Waals surface area contributed by atoms with Crippen LogP contribution in [0.25, 0.3) is 11.5 Å². The van der Waals surface area contributed by atoms with Gasteiger partial charge in [0, 0.05) is 61.8 Å². The van der Waals surface area contributed by atoms with Crippen molar-refractivity contribution in [2.45, 2.75) is 39.3 Å². The zero-order chi connectivity index (χ0) is 20.9. The summed E-state index contributed by atoms with van der Waals surface area (Å²) >= 11 is 5.97. The molecule has 3 aliphatic rings. The van der Waals surface area contributed by atoms with Gasteiger partial charge in [-0.05, 0) is 56.4 Å². The molecule has 1 aliphatic carbocycles. The predicted octanol–water partition coefficient (Wildman–Crippen LogP) is 3.34. The third-order valence-corrected chi connectivity index (χ3v) is 7.12. The van der Waals surface area contributed by atoms with Crippen molar-refractivity contribution < 1.29 is 9.21 Å². The number of nitrogens with zero attached hydrogens (tertiary/aromatic N) is 3. The number of carbonyl (C=O) groups is 1. The molecule has 1 N–H and O–H groups in total. The number of aryl methyl sites for hydroxylation is 1. The number of likely N-dealkylation sites (tertiary alicyclic amines) is 1. The summed E-state index contributed by atoms with van der Waals surface area (Å²) in [5, 5.41) is 4.11. The molecule has 160 valence electrons. The third kappa shape index (κ3) is 3.77. The highest BCUT2D eigenvalue weighted by Crippen LogP contribution is 2.52. The molecule has 1 saturated carbocycles. The van der Waals surface area contributed by atoms with Crippen molar-refractivity contribution in [3.8, 4) is 11.5 Å². The van der Waals surface area contributed by atoms with E-state index >= 15 is 0 Å². The molecule has 7 heteroatoms. The Kier molecular flexibility index (Phi) is 5.12. The van der Waals surface area contributed by atoms with E-state index in [0.29, 0.717) is 28.3 Å². The molecule has 2 saturated heterocycles. The number of hydrogen-bond acceptors (Lipinski definition) is 5. The average Bonchev–Trinajstić information content (AvgIpc) is 3.03. The van der Waals surface area contributed by atoms with Crippen LogP contribution in [0.4, 0.5) is 0 Å². The van der Waals surface area contributed by atoms with Gasteiger partial charge in [0.25, 0.3) is 0 Å². The Balaban J connectivity index is 1.13. The molecule has 0 unspecified atom stereocenters. The van der Waals surface area contributed by atoms with E-state index in [1.807, 2.05) is 31.2 Å². The van der Waals surface area contributed by atoms with E-state index in [-0.39, 0.29) is 5.92 Å². The van der Waals surface area contributed by atoms with Crippen LogP contribution in [0.2, 0.25) is 5.02 Å². The molecule has 30 heavy (non-hydrogen) atoms. The van der Waals surface area contributed by atoms with E-state index < -0.39 is 0 Å². The van der Waals surface area contributed by atoms with Crippen LogP contribution in [-0.4, -0.2) is 59.5 Å². The molecule has 1 amide bonds. The molecule has 1 aromatic carbocycles. The molecule has 0 bridgehead atoms. The molecule has 5 rings (SSSR count). The number of benzene rings is 1. The number of piperazine rings is 1. The number of oxazole rings is 1. The van der Waals surface area contributed by atoms with Gasteiger partial charge >= 0.3 is 0 Å². The molecular formula is C23H29ClN4O2. The zero-order valence-electron chi connectivity index (χ0n) is 17.7. The van der Waals surface area contributed by atoms with E-state index in [4.69, 9.17) is 21.0 Å². The van der Waals surface area contributed by atoms with E-state index in [9.17, 15) is 4.79 Å². The van der Waals surface area contributed by atoms with Crippen LogP contribution in [0.15, 0.2) is 28.7 Å². The smallest absolute Gasteiger partial charge is 0.226 e. The first kappa shape index (κ1) is 20.0. The predicted molar refractivity (Wildman–Crippen MR) is 116 cm³/mol. The Bertz CT molecular complexity index is 927. The average molecular weight is 429 g/mol. The number of hydrogen-bond donors (Lipinski definition) is 1. The van der Waals surface area contributed by atoms with Crippen LogP contribution < -0.4 is 5.32 Å². The highest BCUT2D eigenvalue weighted by molar-refractivity contribution is 6.30. The maximum Gasteiger partial charge on any atom is 0.226 e. The summed E-state index contributed by atoms with van der Waals surface area (Å²) in [6.07, 6.45) is 2.07. The number of amides is 1. The molecule has 1 spiro atoms. The van der Waals surface area contributed by atoms with Crippen LogP contribution in [-0.2, 0) is 11.3 Å². The van der Waals surface area contributed by atoms with Gasteiger partial charge < -0.3 is 14.6 Å². The first-order chi connectivity index (χ1) is 14.4. The van der Waals surface area contributed by atoms with Gasteiger partial charge in [0.15, 0.2) is 0 Å². The number of rotatable bonds is 4. The largest absolute Gasteiger partial charge is 0.441 e. The van der Waals surface area contributed by atoms with Gasteiger partial charge in [0.05, 0.1) is 5.69 Å². The van der Waals surface area contributed by atoms with Gasteiger partial charge in [0.2, 0.25) is 11.8 Å². The number of carbonyl (C=O) groups excluding carboxylic acids is 1. The van der Waals surface area contributed by atoms with Gasteiger partial charge in [-0.2, -0.15) is 0 Å². The lowest BCUT2D eigenvalue weighted by Gasteiger charge is -2.59. The van der Waals surface area contributed by atoms with Gasteiger partial charge in [-0.15, -0.1) is 0 Å². The second kappa shape index (κ2) is 7.66. The van der Waals surface area contributed by atoms with Crippen LogP contribution in [0, 0.1) is 18.3 Å². The summed E-state index contributed by atoms with van der Waals surface area (Å²) < 4.78 is 5.89. The summed E-state index contributed by atoms with van der Waals surface area (Å²) in [7, 11) is 0. The van der Waals surface area contributed by atoms with E-state index in [2.05, 4.69) is 22.0 Å². The molecule has 2 aliphatic heterocycles. The van der Waals surface area contributed by atoms with Crippen molar-refractivity contribution in [3.05, 3.63) is 40.7 Å². The molecule has 1 atom stereocenters. The lowest BCUT2D eigenvalue weighted by molar-refractivity contribution is -0.156. The highest BCUT2D eigenvalue weighted by atomic mass is 35.5. The Morgan fingerprint density at radius 2 is 2.03 bits per heavy atom. The van der Waals surface area contributed by atoms with Crippen molar-refractivity contribution in [3.63, 3.8) is 0 Å². The van der Waals surface area contributed by atoms with Crippen LogP contribution in [0.1, 0.15) is 31.2 Å². The zero-order valence-corrected chi connectivity index (χ0v) is 18.4. The Morgan fingerprint density at radius 3 is 2.73 bits per heavy atom. The number of nitrogens with one attached hydrogen (secondary N) is 1. The van der Waals surface area contributed by atoms with Crippen LogP contribution in [0.5, 0.6) is 0 Å². The summed E-state index contributed by atoms with van der Waals surface area (Å²) in [5.74, 6) is 2.11. The van der Waals surface area contributed by atoms with Gasteiger partial charge in [0.1, 0.15) is 5.76 Å². The SMILES string of the molecule is Cc1oc(-c2ccc(Cl)cc2)nc1CN1CC2(CC(C(=O)N3CCN[C@@H](C)C3)C2)C1. The minimum Gasteiger partial charge on any atom is -0.441 e. The van der Waals surface area contributed by atoms with E-state index in [1.165, 1.54) is 0 Å². The summed E-state index contributed by atoms with van der Waals surface area (Å²) in [6.45, 7) is 9.64. The standard InChI is InChI=1S/C23H29ClN4O2/c1-15-11-28(8-7-25-15)22(29)18-9-23(10-18)13-27(14-23)12-20-16(2)30-21(26-20)17-3-5-19(24)6-4-17/h3-6,15,18,25H,7-14H2,1-2H3/t15-/m0/s1. The fraction of sp³-hybridized carbons (Fsp3) is 0.565. The molecule has 0 radical (unpaired) electrons. The molecule has 2 aromatic rings. The van der Waals surface area contributed by atoms with Crippen LogP contribution >= 0.6 is 11.6 Å². The van der Waals surface area contributed by atoms with Crippen LogP contribution in [0.3, 0.4) is 0 Å². The van der Waals surface area contributed by atoms with Crippen molar-refractivity contribution in [1.82, 2.24) is 20.1 Å². The Labute approximate surface area is 182 Å². The quantitative estimate of drug-likeness (QED) is 0.809. The van der Waals surface area contributed by atoms with Crippen molar-refractivity contribution in [2.24, 2.45) is 11.3 Å². The van der Waals surface area contributed by atoms with Gasteiger partial charge in [-0.25, -0.2) is 4.98 Å². The number of halogens is 1. The fourth-order valence-electron chi connectivity index (χ4n) is 5.33. The van der Waals surface area contributed by atoms with E-state index in [1.54, 1.807) is 0 Å². The summed E-state index contributed by atoms with van der Waals surface area (Å²) in [6, 6.07) is 7.97. The molecule has 3 fully saturated rings. The molecular weight excluding hydrogens is 400 g/mol. The van der Waals surface area contributed by atoms with Gasteiger partial charge in [-0.3, -0.25) is 9.69 Å². The van der Waals surface area contributed by atoms with Crippen molar-refractivity contribution in [2.75, 3.05) is 32.7 Å². The minimum absolute atomic E-state index is 0.225. The lowest BCUT2D eigenvalue weighted by atomic mass is 9.57. The van der Waals surface area contributed by atoms with Gasteiger partial charge in [-0.1, -0.05) is 11.6 Å². The molecule has 6 nitrogen and oxygen atoms in total. The molecule has 3 heterocycles. The third-order valence-electron chi connectivity index (χ3n) is 6.86. The van der Waals surface area contributed by atoms with Crippen molar-refractivity contribution in [1.29, 1.82) is 0 Å². The minimum atomic E-state index is 0.225. The first-order valence-electron chi connectivity index (χ1n) is 10.9. The normalized spacial score (nSPS) is 24.0. The second-order valence-electron chi connectivity index (χ2n) is 9.42. The maximum absolute atomic E-state index is 12.8. The molecule has 1 aromatic heterocycles. The second-order valence-corrected chi connectivity index (χ2v) is 9.85. The Hall–Kier alpha value is -1.89. The first-order valence-corrected chi connectivity index (χ1v) is 11.3. The maximum atomic E-state index is 12.8. The monoisotopic (exact) mass is 428 g/mol. The topological polar surface area (TPSA) is 61.6 Å².